The first kappa shape index (κ1) is 22.9. The van der Waals surface area contributed by atoms with Gasteiger partial charge in [-0.05, 0) is 69.1 Å². The number of nitrogens with one attached hydrogen (secondary N) is 3. The number of amides is 1. The van der Waals surface area contributed by atoms with Crippen molar-refractivity contribution in [3.05, 3.63) is 46.5 Å². The van der Waals surface area contributed by atoms with Crippen molar-refractivity contribution in [2.75, 3.05) is 38.6 Å². The summed E-state index contributed by atoms with van der Waals surface area (Å²) in [6.45, 7) is 4.01. The minimum absolute atomic E-state index is 0.0289. The number of ether oxygens (including phenoxy) is 1. The highest BCUT2D eigenvalue weighted by atomic mass is 35.5. The second-order valence-electron chi connectivity index (χ2n) is 7.54. The topological polar surface area (TPSA) is 112 Å². The van der Waals surface area contributed by atoms with Gasteiger partial charge in [-0.1, -0.05) is 11.6 Å². The van der Waals surface area contributed by atoms with Gasteiger partial charge in [0.1, 0.15) is 11.8 Å². The number of hydrogen-bond acceptors (Lipinski definition) is 7. The van der Waals surface area contributed by atoms with Crippen molar-refractivity contribution in [2.45, 2.75) is 25.7 Å². The lowest BCUT2D eigenvalue weighted by Gasteiger charge is -2.23. The summed E-state index contributed by atoms with van der Waals surface area (Å²) < 4.78 is 5.46. The monoisotopic (exact) mass is 442 g/mol. The molecule has 2 aromatic rings. The highest BCUT2D eigenvalue weighted by Crippen LogP contribution is 2.31. The minimum Gasteiger partial charge on any atom is -0.495 e. The summed E-state index contributed by atoms with van der Waals surface area (Å²) in [4.78, 5) is 20.4. The van der Waals surface area contributed by atoms with E-state index in [1.165, 1.54) is 25.2 Å². The average molecular weight is 443 g/mol. The summed E-state index contributed by atoms with van der Waals surface area (Å²) in [5.41, 5.74) is 2.14. The molecule has 1 aliphatic heterocycles. The Morgan fingerprint density at radius 2 is 2.26 bits per heavy atom. The van der Waals surface area contributed by atoms with Crippen LogP contribution in [0.2, 0.25) is 5.02 Å². The smallest absolute Gasteiger partial charge is 0.230 e. The quantitative estimate of drug-likeness (QED) is 0.511. The van der Waals surface area contributed by atoms with Gasteiger partial charge in [-0.3, -0.25) is 9.78 Å². The van der Waals surface area contributed by atoms with E-state index in [0.29, 0.717) is 28.1 Å². The highest BCUT2D eigenvalue weighted by molar-refractivity contribution is 6.31. The summed E-state index contributed by atoms with van der Waals surface area (Å²) in [7, 11) is 1.56. The number of anilines is 1. The van der Waals surface area contributed by atoms with E-state index in [0.717, 1.165) is 38.2 Å². The fourth-order valence-electron chi connectivity index (χ4n) is 3.54. The predicted molar refractivity (Wildman–Crippen MR) is 119 cm³/mol. The van der Waals surface area contributed by atoms with E-state index in [9.17, 15) is 4.79 Å². The van der Waals surface area contributed by atoms with Crippen LogP contribution in [0.4, 0.5) is 5.69 Å². The lowest BCUT2D eigenvalue weighted by Crippen LogP contribution is -2.36. The molecule has 3 rings (SSSR count). The normalized spacial score (nSPS) is 15.8. The van der Waals surface area contributed by atoms with Crippen molar-refractivity contribution in [2.24, 2.45) is 5.92 Å². The number of carbonyl (C=O) groups excluding carboxylic acids is 1. The fourth-order valence-corrected chi connectivity index (χ4v) is 3.80. The Hall–Kier alpha value is -2.73. The number of rotatable bonds is 9. The van der Waals surface area contributed by atoms with Crippen LogP contribution in [0.1, 0.15) is 29.8 Å². The molecule has 0 bridgehead atoms. The Labute approximate surface area is 187 Å². The second kappa shape index (κ2) is 11.6. The van der Waals surface area contributed by atoms with Crippen molar-refractivity contribution in [3.63, 3.8) is 0 Å². The zero-order chi connectivity index (χ0) is 22.1. The number of piperidine rings is 1. The van der Waals surface area contributed by atoms with Gasteiger partial charge in [0.2, 0.25) is 5.91 Å². The Morgan fingerprint density at radius 1 is 1.39 bits per heavy atom. The van der Waals surface area contributed by atoms with E-state index in [1.54, 1.807) is 13.2 Å². The number of aromatic nitrogens is 2. The molecule has 0 spiro atoms. The molecule has 1 aromatic carbocycles. The fraction of sp³-hybridized carbons (Fsp3) is 0.455. The van der Waals surface area contributed by atoms with Crippen LogP contribution < -0.4 is 20.7 Å². The Morgan fingerprint density at radius 3 is 2.94 bits per heavy atom. The number of nitriles is 1. The Kier molecular flexibility index (Phi) is 8.59. The predicted octanol–water partition coefficient (Wildman–Crippen LogP) is 2.32. The zero-order valence-corrected chi connectivity index (χ0v) is 18.3. The summed E-state index contributed by atoms with van der Waals surface area (Å²) in [5, 5.41) is 19.1. The molecule has 1 aliphatic rings. The molecule has 31 heavy (non-hydrogen) atoms. The molecule has 1 atom stereocenters. The zero-order valence-electron chi connectivity index (χ0n) is 17.6. The van der Waals surface area contributed by atoms with Crippen LogP contribution in [0, 0.1) is 17.2 Å². The van der Waals surface area contributed by atoms with Crippen LogP contribution in [0.15, 0.2) is 24.5 Å². The van der Waals surface area contributed by atoms with E-state index in [-0.39, 0.29) is 18.0 Å². The number of methoxy groups -OCH3 is 1. The molecular formula is C22H27ClN6O2. The van der Waals surface area contributed by atoms with Gasteiger partial charge in [-0.15, -0.1) is 0 Å². The van der Waals surface area contributed by atoms with E-state index in [1.807, 2.05) is 12.1 Å². The second-order valence-corrected chi connectivity index (χ2v) is 7.95. The van der Waals surface area contributed by atoms with Crippen LogP contribution in [-0.4, -0.2) is 49.2 Å². The summed E-state index contributed by atoms with van der Waals surface area (Å²) in [6, 6.07) is 5.47. The summed E-state index contributed by atoms with van der Waals surface area (Å²) in [5.74, 6) is 0.955. The van der Waals surface area contributed by atoms with Gasteiger partial charge in [0.15, 0.2) is 5.69 Å². The highest BCUT2D eigenvalue weighted by Gasteiger charge is 2.15. The minimum atomic E-state index is -0.274. The first-order chi connectivity index (χ1) is 15.1. The molecule has 1 saturated heterocycles. The molecule has 3 N–H and O–H groups in total. The van der Waals surface area contributed by atoms with E-state index < -0.39 is 0 Å². The number of nitrogens with zero attached hydrogens (tertiary/aromatic N) is 3. The third-order valence-electron chi connectivity index (χ3n) is 5.21. The van der Waals surface area contributed by atoms with Crippen molar-refractivity contribution < 1.29 is 9.53 Å². The first-order valence-electron chi connectivity index (χ1n) is 10.4. The van der Waals surface area contributed by atoms with Gasteiger partial charge in [0.25, 0.3) is 0 Å². The third kappa shape index (κ3) is 6.89. The molecular weight excluding hydrogens is 416 g/mol. The molecule has 0 aliphatic carbocycles. The molecule has 0 saturated carbocycles. The number of hydrogen-bond donors (Lipinski definition) is 3. The van der Waals surface area contributed by atoms with Gasteiger partial charge in [-0.2, -0.15) is 5.26 Å². The molecule has 0 unspecified atom stereocenters. The van der Waals surface area contributed by atoms with Gasteiger partial charge < -0.3 is 20.7 Å². The maximum absolute atomic E-state index is 12.4. The van der Waals surface area contributed by atoms with Gasteiger partial charge in [0.05, 0.1) is 37.3 Å². The molecule has 1 amide bonds. The van der Waals surface area contributed by atoms with Crippen LogP contribution >= 0.6 is 11.6 Å². The van der Waals surface area contributed by atoms with Crippen molar-refractivity contribution in [1.29, 1.82) is 5.26 Å². The van der Waals surface area contributed by atoms with Gasteiger partial charge in [0, 0.05) is 5.02 Å². The van der Waals surface area contributed by atoms with E-state index in [2.05, 4.69) is 25.9 Å². The Bertz CT molecular complexity index is 923. The van der Waals surface area contributed by atoms with Crippen LogP contribution in [-0.2, 0) is 17.6 Å². The number of halogens is 1. The average Bonchev–Trinajstić information content (AvgIpc) is 2.79. The van der Waals surface area contributed by atoms with Crippen LogP contribution in [0.5, 0.6) is 5.75 Å². The summed E-state index contributed by atoms with van der Waals surface area (Å²) in [6.07, 6.45) is 6.05. The molecule has 2 heterocycles. The molecule has 1 aromatic heterocycles. The lowest BCUT2D eigenvalue weighted by atomic mass is 10.00. The van der Waals surface area contributed by atoms with Crippen molar-refractivity contribution in [3.8, 4) is 11.8 Å². The van der Waals surface area contributed by atoms with Crippen LogP contribution in [0.25, 0.3) is 0 Å². The van der Waals surface area contributed by atoms with Crippen molar-refractivity contribution in [1.82, 2.24) is 20.6 Å². The maximum atomic E-state index is 12.4. The SMILES string of the molecule is COc1cc(CCNC[C@@H]2CCCNC2)c(Cl)cc1NC(=O)Cc1cnc(C#N)cn1. The third-order valence-corrected chi connectivity index (χ3v) is 5.56. The van der Waals surface area contributed by atoms with Gasteiger partial charge in [-0.25, -0.2) is 4.98 Å². The standard InChI is InChI=1S/C22H27ClN6O2/c1-31-21-7-16(4-6-26-12-15-3-2-5-25-11-15)19(23)9-20(21)29-22(30)8-17-13-28-18(10-24)14-27-17/h7,9,13-15,25-26H,2-6,8,11-12H2,1H3,(H,29,30)/t15-/m1/s1. The summed E-state index contributed by atoms with van der Waals surface area (Å²) >= 11 is 6.47. The maximum Gasteiger partial charge on any atom is 0.230 e. The molecule has 9 heteroatoms. The van der Waals surface area contributed by atoms with E-state index in [4.69, 9.17) is 21.6 Å². The molecule has 164 valence electrons. The molecule has 1 fully saturated rings. The van der Waals surface area contributed by atoms with Crippen LogP contribution in [0.3, 0.4) is 0 Å². The largest absolute Gasteiger partial charge is 0.495 e. The number of benzene rings is 1. The van der Waals surface area contributed by atoms with Gasteiger partial charge >= 0.3 is 0 Å². The first-order valence-corrected chi connectivity index (χ1v) is 10.8. The lowest BCUT2D eigenvalue weighted by molar-refractivity contribution is -0.115. The van der Waals surface area contributed by atoms with E-state index >= 15 is 0 Å². The van der Waals surface area contributed by atoms with Crippen molar-refractivity contribution >= 4 is 23.2 Å². The number of carbonyl (C=O) groups is 1. The molecule has 8 nitrogen and oxygen atoms in total. The molecule has 0 radical (unpaired) electrons. The Balaban J connectivity index is 1.55.